The number of rotatable bonds is 5. The molecular formula is C14H17N7O2S. The van der Waals surface area contributed by atoms with Crippen LogP contribution in [0.4, 0.5) is 11.4 Å². The van der Waals surface area contributed by atoms with Crippen molar-refractivity contribution in [1.29, 1.82) is 0 Å². The highest BCUT2D eigenvalue weighted by Gasteiger charge is 2.19. The minimum absolute atomic E-state index is 0.0206. The second kappa shape index (κ2) is 7.30. The molecular weight excluding hydrogens is 330 g/mol. The van der Waals surface area contributed by atoms with Gasteiger partial charge in [-0.3, -0.25) is 9.59 Å². The first-order chi connectivity index (χ1) is 11.6. The van der Waals surface area contributed by atoms with Crippen LogP contribution in [0.15, 0.2) is 29.4 Å². The maximum atomic E-state index is 12.2. The van der Waals surface area contributed by atoms with E-state index in [0.717, 1.165) is 5.69 Å². The zero-order valence-corrected chi connectivity index (χ0v) is 13.9. The molecule has 9 nitrogen and oxygen atoms in total. The number of benzene rings is 1. The van der Waals surface area contributed by atoms with E-state index in [1.165, 1.54) is 16.4 Å². The molecule has 1 aromatic heterocycles. The van der Waals surface area contributed by atoms with E-state index >= 15 is 0 Å². The van der Waals surface area contributed by atoms with Gasteiger partial charge in [0.2, 0.25) is 17.0 Å². The van der Waals surface area contributed by atoms with E-state index in [9.17, 15) is 9.59 Å². The molecule has 0 bridgehead atoms. The summed E-state index contributed by atoms with van der Waals surface area (Å²) in [6, 6.07) is 7.46. The lowest BCUT2D eigenvalue weighted by Gasteiger charge is -2.30. The first-order valence-electron chi connectivity index (χ1n) is 7.39. The number of para-hydroxylation sites is 2. The molecule has 1 aliphatic rings. The first-order valence-corrected chi connectivity index (χ1v) is 8.38. The van der Waals surface area contributed by atoms with Gasteiger partial charge in [0.1, 0.15) is 0 Å². The summed E-state index contributed by atoms with van der Waals surface area (Å²) in [5.41, 5.74) is 1.53. The number of carbonyl (C=O) groups is 2. The third-order valence-electron chi connectivity index (χ3n) is 3.47. The van der Waals surface area contributed by atoms with E-state index in [1.54, 1.807) is 7.05 Å². The van der Waals surface area contributed by atoms with Crippen LogP contribution in [-0.4, -0.2) is 57.4 Å². The molecule has 0 saturated carbocycles. The van der Waals surface area contributed by atoms with E-state index < -0.39 is 0 Å². The summed E-state index contributed by atoms with van der Waals surface area (Å²) in [6.07, 6.45) is 0. The van der Waals surface area contributed by atoms with Crippen molar-refractivity contribution in [1.82, 2.24) is 25.5 Å². The fourth-order valence-electron chi connectivity index (χ4n) is 2.36. The van der Waals surface area contributed by atoms with Crippen LogP contribution in [0.3, 0.4) is 0 Å². The van der Waals surface area contributed by atoms with Gasteiger partial charge >= 0.3 is 0 Å². The summed E-state index contributed by atoms with van der Waals surface area (Å²) in [5, 5.41) is 17.3. The smallest absolute Gasteiger partial charge is 0.239 e. The Morgan fingerprint density at radius 3 is 3.00 bits per heavy atom. The van der Waals surface area contributed by atoms with Gasteiger partial charge in [0, 0.05) is 20.1 Å². The number of aryl methyl sites for hydroxylation is 1. The van der Waals surface area contributed by atoms with Crippen LogP contribution in [0, 0.1) is 0 Å². The average Bonchev–Trinajstić information content (AvgIpc) is 2.98. The molecule has 1 aliphatic heterocycles. The van der Waals surface area contributed by atoms with Gasteiger partial charge in [0.25, 0.3) is 0 Å². The molecule has 1 fully saturated rings. The molecule has 2 heterocycles. The molecule has 1 aromatic carbocycles. The van der Waals surface area contributed by atoms with Gasteiger partial charge in [-0.25, -0.2) is 4.68 Å². The second-order valence-electron chi connectivity index (χ2n) is 5.21. The predicted molar refractivity (Wildman–Crippen MR) is 89.8 cm³/mol. The molecule has 2 aromatic rings. The lowest BCUT2D eigenvalue weighted by Crippen LogP contribution is -2.47. The van der Waals surface area contributed by atoms with Crippen LogP contribution >= 0.6 is 11.8 Å². The number of piperazine rings is 1. The molecule has 0 aliphatic carbocycles. The van der Waals surface area contributed by atoms with Crippen molar-refractivity contribution in [3.63, 3.8) is 0 Å². The second-order valence-corrected chi connectivity index (χ2v) is 6.15. The molecule has 1 saturated heterocycles. The maximum absolute atomic E-state index is 12.2. The Morgan fingerprint density at radius 2 is 2.25 bits per heavy atom. The van der Waals surface area contributed by atoms with Crippen LogP contribution in [0.2, 0.25) is 0 Å². The highest BCUT2D eigenvalue weighted by molar-refractivity contribution is 7.99. The van der Waals surface area contributed by atoms with Gasteiger partial charge in [0.05, 0.1) is 23.7 Å². The zero-order valence-electron chi connectivity index (χ0n) is 13.1. The summed E-state index contributed by atoms with van der Waals surface area (Å²) in [7, 11) is 1.72. The number of anilines is 2. The number of aromatic nitrogens is 4. The largest absolute Gasteiger partial charge is 0.359 e. The number of nitrogens with zero attached hydrogens (tertiary/aromatic N) is 5. The SMILES string of the molecule is Cn1nnnc1SCC(=O)Nc1ccccc1N1CCNC(=O)C1. The average molecular weight is 347 g/mol. The fraction of sp³-hybridized carbons (Fsp3) is 0.357. The van der Waals surface area contributed by atoms with Gasteiger partial charge < -0.3 is 15.5 Å². The molecule has 0 spiro atoms. The predicted octanol–water partition coefficient (Wildman–Crippen LogP) is -0.123. The van der Waals surface area contributed by atoms with Crippen molar-refractivity contribution >= 4 is 35.0 Å². The quantitative estimate of drug-likeness (QED) is 0.726. The summed E-state index contributed by atoms with van der Waals surface area (Å²) in [4.78, 5) is 25.7. The standard InChI is InChI=1S/C14H17N7O2S/c1-20-14(17-18-19-20)24-9-13(23)16-10-4-2-3-5-11(10)21-7-6-15-12(22)8-21/h2-5H,6-9H2,1H3,(H,15,22)(H,16,23). The van der Waals surface area contributed by atoms with E-state index in [4.69, 9.17) is 0 Å². The maximum Gasteiger partial charge on any atom is 0.239 e. The van der Waals surface area contributed by atoms with E-state index in [0.29, 0.717) is 23.9 Å². The van der Waals surface area contributed by atoms with Crippen LogP contribution in [0.1, 0.15) is 0 Å². The third kappa shape index (κ3) is 3.82. The molecule has 0 radical (unpaired) electrons. The Balaban J connectivity index is 1.65. The summed E-state index contributed by atoms with van der Waals surface area (Å²) >= 11 is 1.26. The molecule has 2 N–H and O–H groups in total. The minimum atomic E-state index is -0.156. The van der Waals surface area contributed by atoms with Crippen molar-refractivity contribution in [3.8, 4) is 0 Å². The van der Waals surface area contributed by atoms with E-state index in [1.807, 2.05) is 29.2 Å². The van der Waals surface area contributed by atoms with E-state index in [-0.39, 0.29) is 24.1 Å². The first kappa shape index (κ1) is 16.2. The van der Waals surface area contributed by atoms with Crippen molar-refractivity contribution < 1.29 is 9.59 Å². The van der Waals surface area contributed by atoms with Gasteiger partial charge in [-0.05, 0) is 22.6 Å². The summed E-state index contributed by atoms with van der Waals surface area (Å²) < 4.78 is 1.51. The van der Waals surface area contributed by atoms with Gasteiger partial charge in [-0.2, -0.15) is 0 Å². The highest BCUT2D eigenvalue weighted by Crippen LogP contribution is 2.26. The number of nitrogens with one attached hydrogen (secondary N) is 2. The summed E-state index contributed by atoms with van der Waals surface area (Å²) in [5.74, 6) is 0.0212. The molecule has 0 unspecified atom stereocenters. The minimum Gasteiger partial charge on any atom is -0.359 e. The lowest BCUT2D eigenvalue weighted by atomic mass is 10.2. The molecule has 3 rings (SSSR count). The monoisotopic (exact) mass is 347 g/mol. The molecule has 10 heteroatoms. The Kier molecular flexibility index (Phi) is 4.94. The van der Waals surface area contributed by atoms with Crippen LogP contribution in [-0.2, 0) is 16.6 Å². The van der Waals surface area contributed by atoms with Crippen molar-refractivity contribution in [3.05, 3.63) is 24.3 Å². The normalized spacial score (nSPS) is 14.4. The number of amides is 2. The Morgan fingerprint density at radius 1 is 1.42 bits per heavy atom. The fourth-order valence-corrected chi connectivity index (χ4v) is 3.01. The van der Waals surface area contributed by atoms with Crippen molar-refractivity contribution in [2.24, 2.45) is 7.05 Å². The number of hydrogen-bond acceptors (Lipinski definition) is 7. The molecule has 126 valence electrons. The third-order valence-corrected chi connectivity index (χ3v) is 4.48. The Bertz CT molecular complexity index is 748. The number of carbonyl (C=O) groups excluding carboxylic acids is 2. The van der Waals surface area contributed by atoms with Crippen molar-refractivity contribution in [2.45, 2.75) is 5.16 Å². The molecule has 24 heavy (non-hydrogen) atoms. The topological polar surface area (TPSA) is 105 Å². The Labute approximate surface area is 142 Å². The van der Waals surface area contributed by atoms with E-state index in [2.05, 4.69) is 26.2 Å². The molecule has 2 amide bonds. The number of tetrazole rings is 1. The summed E-state index contributed by atoms with van der Waals surface area (Å²) in [6.45, 7) is 1.58. The van der Waals surface area contributed by atoms with Crippen molar-refractivity contribution in [2.75, 3.05) is 35.6 Å². The van der Waals surface area contributed by atoms with Crippen LogP contribution in [0.5, 0.6) is 0 Å². The van der Waals surface area contributed by atoms with Crippen LogP contribution < -0.4 is 15.5 Å². The van der Waals surface area contributed by atoms with Gasteiger partial charge in [-0.1, -0.05) is 23.9 Å². The Hall–Kier alpha value is -2.62. The number of thioether (sulfide) groups is 1. The molecule has 0 atom stereocenters. The lowest BCUT2D eigenvalue weighted by molar-refractivity contribution is -0.120. The highest BCUT2D eigenvalue weighted by atomic mass is 32.2. The van der Waals surface area contributed by atoms with Gasteiger partial charge in [0.15, 0.2) is 0 Å². The van der Waals surface area contributed by atoms with Gasteiger partial charge in [-0.15, -0.1) is 5.10 Å². The zero-order chi connectivity index (χ0) is 16.9. The van der Waals surface area contributed by atoms with Crippen LogP contribution in [0.25, 0.3) is 0 Å². The number of hydrogen-bond donors (Lipinski definition) is 2.